The summed E-state index contributed by atoms with van der Waals surface area (Å²) < 4.78 is 1.89. The van der Waals surface area contributed by atoms with E-state index in [0.717, 1.165) is 47.1 Å². The van der Waals surface area contributed by atoms with Crippen molar-refractivity contribution in [3.05, 3.63) is 20.8 Å². The van der Waals surface area contributed by atoms with Gasteiger partial charge in [-0.25, -0.2) is 4.98 Å². The van der Waals surface area contributed by atoms with Crippen molar-refractivity contribution in [2.45, 2.75) is 50.5 Å². The third-order valence-electron chi connectivity index (χ3n) is 4.92. The minimum Gasteiger partial charge on any atom is -0.328 e. The normalized spacial score (nSPS) is 23.9. The number of likely N-dealkylation sites (N-methyl/N-ethyl adjacent to an activating group) is 1. The van der Waals surface area contributed by atoms with Gasteiger partial charge in [0.25, 0.3) is 5.56 Å². The van der Waals surface area contributed by atoms with Gasteiger partial charge in [0, 0.05) is 18.7 Å². The zero-order valence-corrected chi connectivity index (χ0v) is 14.3. The minimum atomic E-state index is 0.183. The Morgan fingerprint density at radius 1 is 1.38 bits per heavy atom. The Bertz CT molecular complexity index is 790. The van der Waals surface area contributed by atoms with Crippen LogP contribution < -0.4 is 10.5 Å². The van der Waals surface area contributed by atoms with E-state index in [-0.39, 0.29) is 11.1 Å². The second kappa shape index (κ2) is 4.57. The third-order valence-corrected chi connectivity index (χ3v) is 7.10. The Balaban J connectivity index is 1.99. The molecule has 2 aromatic heterocycles. The van der Waals surface area contributed by atoms with Crippen molar-refractivity contribution >= 4 is 33.3 Å². The Morgan fingerprint density at radius 2 is 2.19 bits per heavy atom. The van der Waals surface area contributed by atoms with Gasteiger partial charge in [-0.15, -0.1) is 11.3 Å². The number of nitrogens with zero attached hydrogens (tertiary/aromatic N) is 2. The van der Waals surface area contributed by atoms with Gasteiger partial charge in [0.05, 0.1) is 22.8 Å². The smallest absolute Gasteiger partial charge is 0.263 e. The van der Waals surface area contributed by atoms with Crippen LogP contribution in [0.5, 0.6) is 0 Å². The first-order valence-electron chi connectivity index (χ1n) is 7.48. The molecule has 2 aliphatic rings. The predicted octanol–water partition coefficient (Wildman–Crippen LogP) is 1.30. The second-order valence-corrected chi connectivity index (χ2v) is 8.90. The Kier molecular flexibility index (Phi) is 3.00. The molecule has 2 aromatic rings. The van der Waals surface area contributed by atoms with Crippen LogP contribution in [-0.4, -0.2) is 27.9 Å². The SMILES string of the molecule is C[NH+]1Cc2sc3nc4n(c(=O)c3c2CC1(C)C)CCCS4. The van der Waals surface area contributed by atoms with Gasteiger partial charge in [-0.2, -0.15) is 0 Å². The summed E-state index contributed by atoms with van der Waals surface area (Å²) in [5.74, 6) is 1.07. The molecule has 2 aliphatic heterocycles. The Morgan fingerprint density at radius 3 is 3.00 bits per heavy atom. The predicted molar refractivity (Wildman–Crippen MR) is 87.6 cm³/mol. The highest BCUT2D eigenvalue weighted by molar-refractivity contribution is 7.99. The first-order chi connectivity index (χ1) is 9.97. The topological polar surface area (TPSA) is 39.3 Å². The molecule has 0 aliphatic carbocycles. The number of hydrogen-bond donors (Lipinski definition) is 1. The first-order valence-corrected chi connectivity index (χ1v) is 9.28. The van der Waals surface area contributed by atoms with Crippen molar-refractivity contribution in [3.63, 3.8) is 0 Å². The highest BCUT2D eigenvalue weighted by Gasteiger charge is 2.37. The van der Waals surface area contributed by atoms with Gasteiger partial charge >= 0.3 is 0 Å². The van der Waals surface area contributed by atoms with E-state index in [1.807, 2.05) is 4.57 Å². The maximum Gasteiger partial charge on any atom is 0.263 e. The van der Waals surface area contributed by atoms with Crippen molar-refractivity contribution in [1.29, 1.82) is 0 Å². The molecule has 1 N–H and O–H groups in total. The van der Waals surface area contributed by atoms with Crippen molar-refractivity contribution in [2.24, 2.45) is 0 Å². The molecule has 1 unspecified atom stereocenters. The number of aromatic nitrogens is 2. The molecule has 21 heavy (non-hydrogen) atoms. The van der Waals surface area contributed by atoms with E-state index < -0.39 is 0 Å². The number of hydrogen-bond acceptors (Lipinski definition) is 4. The Labute approximate surface area is 132 Å². The molecule has 0 radical (unpaired) electrons. The second-order valence-electron chi connectivity index (χ2n) is 6.75. The summed E-state index contributed by atoms with van der Waals surface area (Å²) in [6.45, 7) is 6.40. The van der Waals surface area contributed by atoms with E-state index in [1.165, 1.54) is 15.3 Å². The van der Waals surface area contributed by atoms with Crippen molar-refractivity contribution < 1.29 is 4.90 Å². The molecule has 0 fully saturated rings. The van der Waals surface area contributed by atoms with E-state index in [4.69, 9.17) is 4.98 Å². The first kappa shape index (κ1) is 13.8. The van der Waals surface area contributed by atoms with Crippen LogP contribution in [0.3, 0.4) is 0 Å². The molecule has 0 bridgehead atoms. The molecule has 4 rings (SSSR count). The van der Waals surface area contributed by atoms with Gasteiger partial charge in [-0.1, -0.05) is 11.8 Å². The van der Waals surface area contributed by atoms with Crippen molar-refractivity contribution in [2.75, 3.05) is 12.8 Å². The maximum atomic E-state index is 12.9. The summed E-state index contributed by atoms with van der Waals surface area (Å²) in [5.41, 5.74) is 1.65. The third kappa shape index (κ3) is 1.99. The highest BCUT2D eigenvalue weighted by atomic mass is 32.2. The fraction of sp³-hybridized carbons (Fsp3) is 0.600. The van der Waals surface area contributed by atoms with Gasteiger partial charge in [-0.05, 0) is 25.8 Å². The van der Waals surface area contributed by atoms with Crippen LogP contribution >= 0.6 is 23.1 Å². The quantitative estimate of drug-likeness (QED) is 0.743. The zero-order valence-electron chi connectivity index (χ0n) is 12.7. The van der Waals surface area contributed by atoms with Gasteiger partial charge in [0.15, 0.2) is 5.16 Å². The van der Waals surface area contributed by atoms with Crippen molar-refractivity contribution in [1.82, 2.24) is 9.55 Å². The van der Waals surface area contributed by atoms with Crippen LogP contribution in [0.15, 0.2) is 9.95 Å². The molecule has 0 amide bonds. The van der Waals surface area contributed by atoms with Crippen LogP contribution in [0, 0.1) is 0 Å². The number of rotatable bonds is 0. The van der Waals surface area contributed by atoms with E-state index in [0.29, 0.717) is 0 Å². The number of thioether (sulfide) groups is 1. The van der Waals surface area contributed by atoms with E-state index in [1.54, 1.807) is 23.1 Å². The number of thiophene rings is 1. The lowest BCUT2D eigenvalue weighted by Crippen LogP contribution is -3.16. The average molecular weight is 322 g/mol. The average Bonchev–Trinajstić information content (AvgIpc) is 2.76. The molecule has 1 atom stereocenters. The van der Waals surface area contributed by atoms with E-state index >= 15 is 0 Å². The number of fused-ring (bicyclic) bond motifs is 4. The lowest BCUT2D eigenvalue weighted by Gasteiger charge is -2.36. The molecular weight excluding hydrogens is 302 g/mol. The summed E-state index contributed by atoms with van der Waals surface area (Å²) in [6.07, 6.45) is 2.03. The highest BCUT2D eigenvalue weighted by Crippen LogP contribution is 2.34. The lowest BCUT2D eigenvalue weighted by atomic mass is 9.88. The Hall–Kier alpha value is -0.850. The molecule has 4 heterocycles. The van der Waals surface area contributed by atoms with Crippen LogP contribution in [0.4, 0.5) is 0 Å². The van der Waals surface area contributed by atoms with Crippen LogP contribution in [-0.2, 0) is 19.5 Å². The van der Waals surface area contributed by atoms with E-state index in [9.17, 15) is 4.79 Å². The van der Waals surface area contributed by atoms with Crippen molar-refractivity contribution in [3.8, 4) is 0 Å². The molecule has 4 nitrogen and oxygen atoms in total. The maximum absolute atomic E-state index is 12.9. The van der Waals surface area contributed by atoms with Gasteiger partial charge in [0.1, 0.15) is 11.4 Å². The molecule has 6 heteroatoms. The summed E-state index contributed by atoms with van der Waals surface area (Å²) >= 11 is 3.45. The molecule has 0 saturated heterocycles. The summed E-state index contributed by atoms with van der Waals surface area (Å²) in [7, 11) is 2.24. The van der Waals surface area contributed by atoms with Gasteiger partial charge < -0.3 is 4.90 Å². The summed E-state index contributed by atoms with van der Waals surface area (Å²) in [4.78, 5) is 21.5. The molecule has 0 saturated carbocycles. The zero-order chi connectivity index (χ0) is 14.8. The fourth-order valence-corrected chi connectivity index (χ4v) is 5.53. The number of quaternary nitrogens is 1. The molecule has 112 valence electrons. The standard InChI is InChI=1S/C15H19N3OS2/c1-15(2)7-9-10(8-17(15)3)21-12-11(9)13(19)18-5-4-6-20-14(18)16-12/h4-8H2,1-3H3/p+1. The number of nitrogens with one attached hydrogen (secondary N) is 1. The molecule has 0 aromatic carbocycles. The van der Waals surface area contributed by atoms with Gasteiger partial charge in [0.2, 0.25) is 0 Å². The van der Waals surface area contributed by atoms with E-state index in [2.05, 4.69) is 20.9 Å². The molecule has 0 spiro atoms. The monoisotopic (exact) mass is 322 g/mol. The van der Waals surface area contributed by atoms with Crippen LogP contribution in [0.2, 0.25) is 0 Å². The largest absolute Gasteiger partial charge is 0.328 e. The summed E-state index contributed by atoms with van der Waals surface area (Å²) in [6, 6.07) is 0. The van der Waals surface area contributed by atoms with Crippen LogP contribution in [0.25, 0.3) is 10.2 Å². The summed E-state index contributed by atoms with van der Waals surface area (Å²) in [5, 5.41) is 1.82. The lowest BCUT2D eigenvalue weighted by molar-refractivity contribution is -0.945. The minimum absolute atomic E-state index is 0.183. The van der Waals surface area contributed by atoms with Gasteiger partial charge in [-0.3, -0.25) is 9.36 Å². The van der Waals surface area contributed by atoms with Crippen LogP contribution in [0.1, 0.15) is 30.7 Å². The molecular formula is C15H20N3OS2+. The fourth-order valence-electron chi connectivity index (χ4n) is 3.26.